The van der Waals surface area contributed by atoms with Crippen LogP contribution in [0.5, 0.6) is 0 Å². The highest BCUT2D eigenvalue weighted by molar-refractivity contribution is 5.94. The van der Waals surface area contributed by atoms with Crippen LogP contribution in [-0.4, -0.2) is 37.9 Å². The van der Waals surface area contributed by atoms with Crippen molar-refractivity contribution in [3.63, 3.8) is 0 Å². The predicted molar refractivity (Wildman–Crippen MR) is 70.2 cm³/mol. The standard InChI is InChI=1S/C14H18FNO3/c1-19-9-10-5-7-16(8-6-10)12-4-2-3-11(15)13(12)14(17)18/h2-4,10H,5-9H2,1H3,(H,17,18). The highest BCUT2D eigenvalue weighted by atomic mass is 19.1. The lowest BCUT2D eigenvalue weighted by Gasteiger charge is -2.34. The summed E-state index contributed by atoms with van der Waals surface area (Å²) in [7, 11) is 1.68. The van der Waals surface area contributed by atoms with Crippen molar-refractivity contribution < 1.29 is 19.0 Å². The highest BCUT2D eigenvalue weighted by Crippen LogP contribution is 2.28. The van der Waals surface area contributed by atoms with Crippen LogP contribution in [-0.2, 0) is 4.74 Å². The average molecular weight is 267 g/mol. The third-order valence-corrected chi connectivity index (χ3v) is 3.56. The van der Waals surface area contributed by atoms with Gasteiger partial charge in [-0.15, -0.1) is 0 Å². The molecule has 19 heavy (non-hydrogen) atoms. The lowest BCUT2D eigenvalue weighted by Crippen LogP contribution is -2.36. The molecular weight excluding hydrogens is 249 g/mol. The molecule has 0 unspecified atom stereocenters. The maximum atomic E-state index is 13.6. The van der Waals surface area contributed by atoms with E-state index in [0.29, 0.717) is 11.6 Å². The van der Waals surface area contributed by atoms with Crippen LogP contribution in [0.25, 0.3) is 0 Å². The van der Waals surface area contributed by atoms with E-state index in [9.17, 15) is 9.18 Å². The Labute approximate surface area is 111 Å². The maximum absolute atomic E-state index is 13.6. The first kappa shape index (κ1) is 13.8. The average Bonchev–Trinajstić information content (AvgIpc) is 2.39. The number of carboxylic acids is 1. The van der Waals surface area contributed by atoms with Gasteiger partial charge in [0, 0.05) is 26.8 Å². The van der Waals surface area contributed by atoms with Crippen molar-refractivity contribution in [3.8, 4) is 0 Å². The van der Waals surface area contributed by atoms with Crippen LogP contribution in [0.4, 0.5) is 10.1 Å². The molecule has 1 aromatic carbocycles. The van der Waals surface area contributed by atoms with Gasteiger partial charge in [-0.1, -0.05) is 6.07 Å². The van der Waals surface area contributed by atoms with E-state index in [1.54, 1.807) is 19.2 Å². The molecule has 1 aliphatic rings. The first-order valence-electron chi connectivity index (χ1n) is 6.39. The number of nitrogens with zero attached hydrogens (tertiary/aromatic N) is 1. The van der Waals surface area contributed by atoms with E-state index in [1.807, 2.05) is 4.90 Å². The molecule has 0 atom stereocenters. The van der Waals surface area contributed by atoms with E-state index in [4.69, 9.17) is 9.84 Å². The van der Waals surface area contributed by atoms with Crippen LogP contribution in [0.3, 0.4) is 0 Å². The minimum atomic E-state index is -1.22. The SMILES string of the molecule is COCC1CCN(c2cccc(F)c2C(=O)O)CC1. The normalized spacial score (nSPS) is 16.6. The zero-order valence-electron chi connectivity index (χ0n) is 10.9. The molecule has 1 heterocycles. The molecule has 0 spiro atoms. The van der Waals surface area contributed by atoms with Gasteiger partial charge in [0.2, 0.25) is 0 Å². The Morgan fingerprint density at radius 1 is 1.47 bits per heavy atom. The minimum Gasteiger partial charge on any atom is -0.478 e. The fraction of sp³-hybridized carbons (Fsp3) is 0.500. The van der Waals surface area contributed by atoms with Crippen molar-refractivity contribution in [1.82, 2.24) is 0 Å². The number of piperidine rings is 1. The van der Waals surface area contributed by atoms with Gasteiger partial charge in [-0.25, -0.2) is 9.18 Å². The van der Waals surface area contributed by atoms with Gasteiger partial charge >= 0.3 is 5.97 Å². The fourth-order valence-electron chi connectivity index (χ4n) is 2.56. The Morgan fingerprint density at radius 3 is 2.74 bits per heavy atom. The first-order valence-corrected chi connectivity index (χ1v) is 6.39. The van der Waals surface area contributed by atoms with Crippen molar-refractivity contribution in [2.75, 3.05) is 31.7 Å². The Hall–Kier alpha value is -1.62. The van der Waals surface area contributed by atoms with E-state index in [1.165, 1.54) is 6.07 Å². The molecule has 0 radical (unpaired) electrons. The first-order chi connectivity index (χ1) is 9.13. The quantitative estimate of drug-likeness (QED) is 0.910. The lowest BCUT2D eigenvalue weighted by atomic mass is 9.96. The molecule has 0 aromatic heterocycles. The minimum absolute atomic E-state index is 0.229. The zero-order valence-corrected chi connectivity index (χ0v) is 10.9. The van der Waals surface area contributed by atoms with Crippen molar-refractivity contribution >= 4 is 11.7 Å². The summed E-state index contributed by atoms with van der Waals surface area (Å²) in [4.78, 5) is 13.1. The number of rotatable bonds is 4. The molecule has 1 aromatic rings. The molecule has 1 saturated heterocycles. The Bertz CT molecular complexity index is 456. The number of hydrogen-bond donors (Lipinski definition) is 1. The number of anilines is 1. The monoisotopic (exact) mass is 267 g/mol. The topological polar surface area (TPSA) is 49.8 Å². The number of aromatic carboxylic acids is 1. The molecule has 0 saturated carbocycles. The molecule has 2 rings (SSSR count). The highest BCUT2D eigenvalue weighted by Gasteiger charge is 2.24. The van der Waals surface area contributed by atoms with E-state index in [0.717, 1.165) is 32.5 Å². The van der Waals surface area contributed by atoms with Crippen molar-refractivity contribution in [3.05, 3.63) is 29.6 Å². The number of methoxy groups -OCH3 is 1. The summed E-state index contributed by atoms with van der Waals surface area (Å²) in [6.45, 7) is 2.19. The summed E-state index contributed by atoms with van der Waals surface area (Å²) in [5.41, 5.74) is 0.246. The predicted octanol–water partition coefficient (Wildman–Crippen LogP) is 2.39. The van der Waals surface area contributed by atoms with Crippen LogP contribution in [0.15, 0.2) is 18.2 Å². The molecule has 0 amide bonds. The number of ether oxygens (including phenoxy) is 1. The Kier molecular flexibility index (Phi) is 4.37. The largest absolute Gasteiger partial charge is 0.478 e. The summed E-state index contributed by atoms with van der Waals surface area (Å²) >= 11 is 0. The lowest BCUT2D eigenvalue weighted by molar-refractivity contribution is 0.0692. The van der Waals surface area contributed by atoms with Crippen molar-refractivity contribution in [1.29, 1.82) is 0 Å². The number of carbonyl (C=O) groups is 1. The van der Waals surface area contributed by atoms with Gasteiger partial charge in [0.15, 0.2) is 0 Å². The van der Waals surface area contributed by atoms with Crippen LogP contribution in [0.1, 0.15) is 23.2 Å². The van der Waals surface area contributed by atoms with Gasteiger partial charge in [-0.2, -0.15) is 0 Å². The van der Waals surface area contributed by atoms with E-state index >= 15 is 0 Å². The van der Waals surface area contributed by atoms with Gasteiger partial charge in [0.25, 0.3) is 0 Å². The second-order valence-corrected chi connectivity index (χ2v) is 4.82. The molecule has 104 valence electrons. The van der Waals surface area contributed by atoms with Crippen molar-refractivity contribution in [2.24, 2.45) is 5.92 Å². The number of carboxylic acid groups (broad SMARTS) is 1. The van der Waals surface area contributed by atoms with E-state index < -0.39 is 11.8 Å². The van der Waals surface area contributed by atoms with Gasteiger partial charge in [0.05, 0.1) is 5.69 Å². The molecule has 5 heteroatoms. The molecule has 1 N–H and O–H groups in total. The van der Waals surface area contributed by atoms with Crippen LogP contribution in [0.2, 0.25) is 0 Å². The van der Waals surface area contributed by atoms with Gasteiger partial charge in [-0.05, 0) is 30.9 Å². The van der Waals surface area contributed by atoms with Gasteiger partial charge < -0.3 is 14.7 Å². The molecule has 1 fully saturated rings. The molecular formula is C14H18FNO3. The summed E-state index contributed by atoms with van der Waals surface area (Å²) in [6, 6.07) is 4.41. The number of halogens is 1. The number of benzene rings is 1. The fourth-order valence-corrected chi connectivity index (χ4v) is 2.56. The zero-order chi connectivity index (χ0) is 13.8. The summed E-state index contributed by atoms with van der Waals surface area (Å²) in [5.74, 6) is -1.39. The third-order valence-electron chi connectivity index (χ3n) is 3.56. The van der Waals surface area contributed by atoms with Gasteiger partial charge in [0.1, 0.15) is 11.4 Å². The second kappa shape index (κ2) is 6.02. The van der Waals surface area contributed by atoms with Crippen LogP contribution < -0.4 is 4.90 Å². The molecule has 1 aliphatic heterocycles. The Balaban J connectivity index is 2.15. The molecule has 0 aliphatic carbocycles. The van der Waals surface area contributed by atoms with E-state index in [-0.39, 0.29) is 5.56 Å². The van der Waals surface area contributed by atoms with Crippen LogP contribution in [0, 0.1) is 11.7 Å². The Morgan fingerprint density at radius 2 is 2.16 bits per heavy atom. The molecule has 0 bridgehead atoms. The van der Waals surface area contributed by atoms with E-state index in [2.05, 4.69) is 0 Å². The third kappa shape index (κ3) is 3.04. The van der Waals surface area contributed by atoms with Gasteiger partial charge in [-0.3, -0.25) is 0 Å². The summed E-state index contributed by atoms with van der Waals surface area (Å²) < 4.78 is 18.8. The second-order valence-electron chi connectivity index (χ2n) is 4.82. The maximum Gasteiger partial charge on any atom is 0.340 e. The van der Waals surface area contributed by atoms with Crippen LogP contribution >= 0.6 is 0 Å². The summed E-state index contributed by atoms with van der Waals surface area (Å²) in [6.07, 6.45) is 1.87. The smallest absolute Gasteiger partial charge is 0.340 e. The molecule has 4 nitrogen and oxygen atoms in total. The number of hydrogen-bond acceptors (Lipinski definition) is 3. The van der Waals surface area contributed by atoms with Crippen molar-refractivity contribution in [2.45, 2.75) is 12.8 Å². The summed E-state index contributed by atoms with van der Waals surface area (Å²) in [5, 5.41) is 9.13.